The predicted molar refractivity (Wildman–Crippen MR) is 63.3 cm³/mol. The first kappa shape index (κ1) is 12.8. The van der Waals surface area contributed by atoms with Gasteiger partial charge in [-0.1, -0.05) is 18.5 Å². The topological polar surface area (TPSA) is 46.5 Å². The first-order valence-corrected chi connectivity index (χ1v) is 5.53. The van der Waals surface area contributed by atoms with Crippen LogP contribution in [0, 0.1) is 0 Å². The van der Waals surface area contributed by atoms with E-state index in [0.717, 1.165) is 23.3 Å². The Morgan fingerprint density at radius 2 is 2.19 bits per heavy atom. The standard InChI is InChI=1S/C12H15ClO3/c1-3-10-8(4-5-12(14)15)6-9(13)7-11(10)16-2/h6-7H,3-5H2,1-2H3,(H,14,15). The van der Waals surface area contributed by atoms with Gasteiger partial charge in [0.15, 0.2) is 0 Å². The minimum Gasteiger partial charge on any atom is -0.496 e. The van der Waals surface area contributed by atoms with Gasteiger partial charge in [0.25, 0.3) is 0 Å². The van der Waals surface area contributed by atoms with Crippen molar-refractivity contribution in [3.8, 4) is 5.75 Å². The van der Waals surface area contributed by atoms with Crippen LogP contribution in [0.5, 0.6) is 5.75 Å². The van der Waals surface area contributed by atoms with E-state index in [1.165, 1.54) is 0 Å². The molecule has 0 amide bonds. The molecule has 1 aromatic rings. The molecular formula is C12H15ClO3. The Hall–Kier alpha value is -1.22. The molecule has 3 nitrogen and oxygen atoms in total. The van der Waals surface area contributed by atoms with Crippen LogP contribution in [0.15, 0.2) is 12.1 Å². The molecule has 1 N–H and O–H groups in total. The largest absolute Gasteiger partial charge is 0.496 e. The monoisotopic (exact) mass is 242 g/mol. The molecule has 88 valence electrons. The molecule has 16 heavy (non-hydrogen) atoms. The zero-order chi connectivity index (χ0) is 12.1. The SMILES string of the molecule is CCc1c(CCC(=O)O)cc(Cl)cc1OC. The summed E-state index contributed by atoms with van der Waals surface area (Å²) in [5.41, 5.74) is 1.99. The summed E-state index contributed by atoms with van der Waals surface area (Å²) in [7, 11) is 1.59. The Kier molecular flexibility index (Phi) is 4.62. The third-order valence-electron chi connectivity index (χ3n) is 2.45. The van der Waals surface area contributed by atoms with Crippen molar-refractivity contribution in [3.05, 3.63) is 28.3 Å². The molecule has 0 atom stereocenters. The van der Waals surface area contributed by atoms with Gasteiger partial charge in [-0.05, 0) is 36.1 Å². The van der Waals surface area contributed by atoms with Crippen molar-refractivity contribution in [2.45, 2.75) is 26.2 Å². The molecule has 0 saturated carbocycles. The van der Waals surface area contributed by atoms with Crippen LogP contribution in [0.25, 0.3) is 0 Å². The normalized spacial score (nSPS) is 10.2. The van der Waals surface area contributed by atoms with Crippen molar-refractivity contribution >= 4 is 17.6 Å². The minimum absolute atomic E-state index is 0.108. The molecule has 1 aromatic carbocycles. The van der Waals surface area contributed by atoms with Crippen LogP contribution >= 0.6 is 11.6 Å². The number of halogens is 1. The second-order valence-corrected chi connectivity index (χ2v) is 3.93. The minimum atomic E-state index is -0.805. The van der Waals surface area contributed by atoms with Crippen molar-refractivity contribution in [3.63, 3.8) is 0 Å². The lowest BCUT2D eigenvalue weighted by atomic mass is 10.00. The van der Waals surface area contributed by atoms with Crippen molar-refractivity contribution in [2.75, 3.05) is 7.11 Å². The van der Waals surface area contributed by atoms with Crippen molar-refractivity contribution in [2.24, 2.45) is 0 Å². The van der Waals surface area contributed by atoms with Crippen LogP contribution in [0.3, 0.4) is 0 Å². The summed E-state index contributed by atoms with van der Waals surface area (Å²) in [4.78, 5) is 10.5. The smallest absolute Gasteiger partial charge is 0.303 e. The Morgan fingerprint density at radius 3 is 2.69 bits per heavy atom. The van der Waals surface area contributed by atoms with Gasteiger partial charge in [0.1, 0.15) is 5.75 Å². The summed E-state index contributed by atoms with van der Waals surface area (Å²) in [6.07, 6.45) is 1.39. The Balaban J connectivity index is 3.04. The maximum atomic E-state index is 10.5. The average Bonchev–Trinajstić information content (AvgIpc) is 2.25. The average molecular weight is 243 g/mol. The highest BCUT2D eigenvalue weighted by molar-refractivity contribution is 6.30. The van der Waals surface area contributed by atoms with E-state index in [-0.39, 0.29) is 6.42 Å². The van der Waals surface area contributed by atoms with Crippen LogP contribution in [0.1, 0.15) is 24.5 Å². The third-order valence-corrected chi connectivity index (χ3v) is 2.67. The van der Waals surface area contributed by atoms with Crippen LogP contribution < -0.4 is 4.74 Å². The molecule has 1 rings (SSSR count). The van der Waals surface area contributed by atoms with Crippen LogP contribution in [-0.4, -0.2) is 18.2 Å². The molecule has 0 unspecified atom stereocenters. The van der Waals surface area contributed by atoms with E-state index in [2.05, 4.69) is 0 Å². The molecule has 0 aliphatic carbocycles. The second kappa shape index (κ2) is 5.75. The van der Waals surface area contributed by atoms with Crippen LogP contribution in [0.2, 0.25) is 5.02 Å². The number of aryl methyl sites for hydroxylation is 1. The lowest BCUT2D eigenvalue weighted by Gasteiger charge is -2.12. The highest BCUT2D eigenvalue weighted by Gasteiger charge is 2.10. The number of rotatable bonds is 5. The van der Waals surface area contributed by atoms with Crippen LogP contribution in [-0.2, 0) is 17.6 Å². The molecule has 0 fully saturated rings. The summed E-state index contributed by atoms with van der Waals surface area (Å²) in [5.74, 6) is -0.0728. The second-order valence-electron chi connectivity index (χ2n) is 3.49. The first-order valence-electron chi connectivity index (χ1n) is 5.15. The van der Waals surface area contributed by atoms with Gasteiger partial charge in [0.2, 0.25) is 0 Å². The summed E-state index contributed by atoms with van der Waals surface area (Å²) < 4.78 is 5.23. The number of ether oxygens (including phenoxy) is 1. The molecule has 0 heterocycles. The van der Waals surface area contributed by atoms with E-state index in [4.69, 9.17) is 21.4 Å². The number of carbonyl (C=O) groups is 1. The zero-order valence-corrected chi connectivity index (χ0v) is 10.2. The number of benzene rings is 1. The lowest BCUT2D eigenvalue weighted by Crippen LogP contribution is -2.02. The van der Waals surface area contributed by atoms with E-state index in [1.54, 1.807) is 13.2 Å². The molecule has 0 radical (unpaired) electrons. The number of methoxy groups -OCH3 is 1. The van der Waals surface area contributed by atoms with Gasteiger partial charge < -0.3 is 9.84 Å². The summed E-state index contributed by atoms with van der Waals surface area (Å²) >= 11 is 5.95. The summed E-state index contributed by atoms with van der Waals surface area (Å²) in [5, 5.41) is 9.25. The fourth-order valence-electron chi connectivity index (χ4n) is 1.71. The zero-order valence-electron chi connectivity index (χ0n) is 9.42. The van der Waals surface area contributed by atoms with Crippen molar-refractivity contribution in [1.82, 2.24) is 0 Å². The number of carboxylic acids is 1. The van der Waals surface area contributed by atoms with Crippen molar-refractivity contribution in [1.29, 1.82) is 0 Å². The van der Waals surface area contributed by atoms with E-state index in [1.807, 2.05) is 13.0 Å². The predicted octanol–water partition coefficient (Wildman–Crippen LogP) is 2.93. The van der Waals surface area contributed by atoms with Gasteiger partial charge in [0.05, 0.1) is 7.11 Å². The lowest BCUT2D eigenvalue weighted by molar-refractivity contribution is -0.136. The molecule has 4 heteroatoms. The number of aliphatic carboxylic acids is 1. The molecular weight excluding hydrogens is 228 g/mol. The maximum absolute atomic E-state index is 10.5. The van der Waals surface area contributed by atoms with E-state index in [0.29, 0.717) is 11.4 Å². The van der Waals surface area contributed by atoms with Gasteiger partial charge in [0, 0.05) is 11.4 Å². The van der Waals surface area contributed by atoms with E-state index >= 15 is 0 Å². The highest BCUT2D eigenvalue weighted by atomic mass is 35.5. The van der Waals surface area contributed by atoms with Gasteiger partial charge in [-0.3, -0.25) is 4.79 Å². The number of hydrogen-bond donors (Lipinski definition) is 1. The molecule has 0 bridgehead atoms. The third kappa shape index (κ3) is 3.14. The fraction of sp³-hybridized carbons (Fsp3) is 0.417. The van der Waals surface area contributed by atoms with Gasteiger partial charge >= 0.3 is 5.97 Å². The molecule has 0 aliphatic rings. The Labute approximate surface area is 100.0 Å². The van der Waals surface area contributed by atoms with E-state index < -0.39 is 5.97 Å². The van der Waals surface area contributed by atoms with Gasteiger partial charge in [-0.2, -0.15) is 0 Å². The first-order chi connectivity index (χ1) is 7.58. The fourth-order valence-corrected chi connectivity index (χ4v) is 1.94. The van der Waals surface area contributed by atoms with Crippen molar-refractivity contribution < 1.29 is 14.6 Å². The summed E-state index contributed by atoms with van der Waals surface area (Å²) in [6, 6.07) is 3.57. The van der Waals surface area contributed by atoms with E-state index in [9.17, 15) is 4.79 Å². The molecule has 0 aromatic heterocycles. The Bertz CT molecular complexity index is 388. The van der Waals surface area contributed by atoms with Gasteiger partial charge in [-0.15, -0.1) is 0 Å². The van der Waals surface area contributed by atoms with Crippen LogP contribution in [0.4, 0.5) is 0 Å². The quantitative estimate of drug-likeness (QED) is 0.864. The summed E-state index contributed by atoms with van der Waals surface area (Å²) in [6.45, 7) is 2.01. The maximum Gasteiger partial charge on any atom is 0.303 e. The molecule has 0 spiro atoms. The molecule has 0 aliphatic heterocycles. The number of carboxylic acid groups (broad SMARTS) is 1. The Morgan fingerprint density at radius 1 is 1.50 bits per heavy atom. The van der Waals surface area contributed by atoms with Gasteiger partial charge in [-0.25, -0.2) is 0 Å². The molecule has 0 saturated heterocycles. The number of hydrogen-bond acceptors (Lipinski definition) is 2. The highest BCUT2D eigenvalue weighted by Crippen LogP contribution is 2.28.